The van der Waals surface area contributed by atoms with Crippen LogP contribution in [0.2, 0.25) is 6.04 Å². The Hall–Kier alpha value is -2.24. The van der Waals surface area contributed by atoms with E-state index in [0.29, 0.717) is 45.4 Å². The lowest BCUT2D eigenvalue weighted by atomic mass is 10.1. The summed E-state index contributed by atoms with van der Waals surface area (Å²) in [5.74, 6) is 1.09. The summed E-state index contributed by atoms with van der Waals surface area (Å²) in [6.07, 6.45) is 10.8. The van der Waals surface area contributed by atoms with E-state index in [-0.39, 0.29) is 6.09 Å². The first-order valence-corrected chi connectivity index (χ1v) is 17.6. The highest BCUT2D eigenvalue weighted by Gasteiger charge is 2.39. The number of amides is 1. The van der Waals surface area contributed by atoms with Crippen molar-refractivity contribution >= 4 is 48.5 Å². The molecule has 0 fully saturated rings. The molecule has 3 rings (SSSR count). The minimum Gasteiger partial charge on any atom is -0.450 e. The van der Waals surface area contributed by atoms with Gasteiger partial charge in [-0.25, -0.2) is 4.79 Å². The maximum atomic E-state index is 12.0. The zero-order valence-electron chi connectivity index (χ0n) is 24.3. The number of carbonyl (C=O) groups excluding carboxylic acids is 1. The van der Waals surface area contributed by atoms with E-state index < -0.39 is 8.80 Å². The van der Waals surface area contributed by atoms with Gasteiger partial charge in [-0.3, -0.25) is 9.97 Å². The van der Waals surface area contributed by atoms with Gasteiger partial charge in [0, 0.05) is 60.5 Å². The van der Waals surface area contributed by atoms with E-state index in [9.17, 15) is 4.79 Å². The number of unbranched alkanes of at least 4 members (excludes halogenated alkanes) is 5. The summed E-state index contributed by atoms with van der Waals surface area (Å²) in [6, 6.07) is 11.1. The van der Waals surface area contributed by atoms with Crippen LogP contribution in [0.3, 0.4) is 0 Å². The Morgan fingerprint density at radius 1 is 0.850 bits per heavy atom. The zero-order chi connectivity index (χ0) is 28.5. The van der Waals surface area contributed by atoms with Gasteiger partial charge in [-0.05, 0) is 64.0 Å². The fourth-order valence-corrected chi connectivity index (χ4v) is 8.35. The molecule has 0 aliphatic rings. The third-order valence-electron chi connectivity index (χ3n) is 6.47. The van der Waals surface area contributed by atoms with Gasteiger partial charge >= 0.3 is 14.9 Å². The molecular weight excluding hydrogens is 542 g/mol. The van der Waals surface area contributed by atoms with Gasteiger partial charge in [0.25, 0.3) is 0 Å². The van der Waals surface area contributed by atoms with Crippen molar-refractivity contribution in [3.8, 4) is 0 Å². The molecule has 40 heavy (non-hydrogen) atoms. The Balaban J connectivity index is 1.22. The molecule has 2 aromatic heterocycles. The van der Waals surface area contributed by atoms with Crippen LogP contribution in [0.15, 0.2) is 47.6 Å². The molecule has 1 N–H and O–H groups in total. The average molecular weight is 588 g/mol. The Morgan fingerprint density at radius 2 is 1.50 bits per heavy atom. The van der Waals surface area contributed by atoms with Gasteiger partial charge in [-0.15, -0.1) is 11.8 Å². The number of aromatic nitrogens is 2. The number of pyridine rings is 2. The van der Waals surface area contributed by atoms with Crippen molar-refractivity contribution in [2.45, 2.75) is 76.7 Å². The predicted octanol–water partition coefficient (Wildman–Crippen LogP) is 7.38. The summed E-state index contributed by atoms with van der Waals surface area (Å²) in [4.78, 5) is 22.4. The van der Waals surface area contributed by atoms with Crippen LogP contribution in [0.4, 0.5) is 4.79 Å². The Kier molecular flexibility index (Phi) is 14.7. The molecule has 220 valence electrons. The third kappa shape index (κ3) is 10.3. The second kappa shape index (κ2) is 18.2. The van der Waals surface area contributed by atoms with Crippen molar-refractivity contribution in [1.29, 1.82) is 0 Å². The SMILES string of the molecule is CCO[Si](CCCOC(=O)NCCCCCCCCSc1cc2cccnc2c2ncccc12)(OCC)OCC. The zero-order valence-corrected chi connectivity index (χ0v) is 26.1. The molecule has 1 aromatic carbocycles. The quantitative estimate of drug-likeness (QED) is 0.0634. The monoisotopic (exact) mass is 587 g/mol. The van der Waals surface area contributed by atoms with E-state index in [1.807, 2.05) is 57.1 Å². The third-order valence-corrected chi connectivity index (χ3v) is 10.8. The summed E-state index contributed by atoms with van der Waals surface area (Å²) in [5.41, 5.74) is 1.95. The van der Waals surface area contributed by atoms with Crippen molar-refractivity contribution in [3.05, 3.63) is 42.7 Å². The van der Waals surface area contributed by atoms with Crippen molar-refractivity contribution in [2.24, 2.45) is 0 Å². The number of thioether (sulfide) groups is 1. The standard InChI is InChI=1S/C30H45N3O5SSi/c1-4-36-40(37-5-2,38-6-3)23-15-21-35-30(34)33-18-11-9-7-8-10-12-22-39-27-24-25-16-13-19-31-28(25)29-26(27)17-14-20-32-29/h13-14,16-17,19-20,24H,4-12,15,18,21-23H2,1-3H3,(H,33,34). The van der Waals surface area contributed by atoms with Crippen LogP contribution in [0, 0.1) is 0 Å². The molecule has 0 aliphatic carbocycles. The fraction of sp³-hybridized carbons (Fsp3) is 0.567. The molecule has 0 aliphatic heterocycles. The van der Waals surface area contributed by atoms with Gasteiger partial charge in [0.05, 0.1) is 17.6 Å². The highest BCUT2D eigenvalue weighted by Crippen LogP contribution is 2.32. The summed E-state index contributed by atoms with van der Waals surface area (Å²) in [7, 11) is -2.68. The highest BCUT2D eigenvalue weighted by atomic mass is 32.2. The highest BCUT2D eigenvalue weighted by molar-refractivity contribution is 7.99. The number of hydrogen-bond donors (Lipinski definition) is 1. The molecular formula is C30H45N3O5SSi. The van der Waals surface area contributed by atoms with Crippen molar-refractivity contribution in [2.75, 3.05) is 38.7 Å². The molecule has 2 heterocycles. The van der Waals surface area contributed by atoms with Crippen molar-refractivity contribution in [3.63, 3.8) is 0 Å². The van der Waals surface area contributed by atoms with E-state index >= 15 is 0 Å². The number of alkyl carbamates (subject to hydrolysis) is 1. The smallest absolute Gasteiger partial charge is 0.450 e. The number of fused-ring (bicyclic) bond motifs is 3. The van der Waals surface area contributed by atoms with Crippen molar-refractivity contribution in [1.82, 2.24) is 15.3 Å². The van der Waals surface area contributed by atoms with Gasteiger partial charge in [-0.1, -0.05) is 37.8 Å². The van der Waals surface area contributed by atoms with E-state index in [1.165, 1.54) is 36.0 Å². The Bertz CT molecular complexity index is 1150. The summed E-state index contributed by atoms with van der Waals surface area (Å²) in [5, 5.41) is 5.18. The lowest BCUT2D eigenvalue weighted by molar-refractivity contribution is 0.0682. The maximum absolute atomic E-state index is 12.0. The van der Waals surface area contributed by atoms with E-state index in [2.05, 4.69) is 33.5 Å². The summed E-state index contributed by atoms with van der Waals surface area (Å²) in [6.45, 7) is 8.42. The summed E-state index contributed by atoms with van der Waals surface area (Å²) >= 11 is 1.91. The predicted molar refractivity (Wildman–Crippen MR) is 165 cm³/mol. The maximum Gasteiger partial charge on any atom is 0.501 e. The Morgan fingerprint density at radius 3 is 2.23 bits per heavy atom. The fourth-order valence-electron chi connectivity index (χ4n) is 4.68. The van der Waals surface area contributed by atoms with Crippen LogP contribution < -0.4 is 5.32 Å². The molecule has 0 unspecified atom stereocenters. The van der Waals surface area contributed by atoms with Crippen LogP contribution in [-0.4, -0.2) is 63.6 Å². The molecule has 1 amide bonds. The first-order chi connectivity index (χ1) is 19.6. The number of nitrogens with one attached hydrogen (secondary N) is 1. The largest absolute Gasteiger partial charge is 0.501 e. The lowest BCUT2D eigenvalue weighted by Gasteiger charge is -2.28. The number of rotatable bonds is 20. The first kappa shape index (κ1) is 32.3. The number of ether oxygens (including phenoxy) is 1. The number of carbonyl (C=O) groups is 1. The minimum atomic E-state index is -2.68. The molecule has 0 spiro atoms. The molecule has 0 atom stereocenters. The van der Waals surface area contributed by atoms with Gasteiger partial charge in [0.2, 0.25) is 0 Å². The van der Waals surface area contributed by atoms with Crippen LogP contribution in [0.1, 0.15) is 65.7 Å². The molecule has 0 radical (unpaired) electrons. The Labute approximate surface area is 244 Å². The summed E-state index contributed by atoms with van der Waals surface area (Å²) < 4.78 is 22.8. The molecule has 0 saturated carbocycles. The van der Waals surface area contributed by atoms with Gasteiger partial charge in [-0.2, -0.15) is 0 Å². The lowest BCUT2D eigenvalue weighted by Crippen LogP contribution is -2.46. The van der Waals surface area contributed by atoms with Crippen molar-refractivity contribution < 1.29 is 22.8 Å². The first-order valence-electron chi connectivity index (χ1n) is 14.7. The van der Waals surface area contributed by atoms with Gasteiger partial charge in [0.15, 0.2) is 0 Å². The van der Waals surface area contributed by atoms with E-state index in [0.717, 1.165) is 35.0 Å². The normalized spacial score (nSPS) is 11.8. The van der Waals surface area contributed by atoms with E-state index in [4.69, 9.17) is 18.0 Å². The minimum absolute atomic E-state index is 0.328. The number of benzene rings is 1. The number of hydrogen-bond acceptors (Lipinski definition) is 8. The van der Waals surface area contributed by atoms with E-state index in [1.54, 1.807) is 0 Å². The molecule has 3 aromatic rings. The van der Waals surface area contributed by atoms with Crippen LogP contribution >= 0.6 is 11.8 Å². The second-order valence-corrected chi connectivity index (χ2v) is 13.3. The second-order valence-electron chi connectivity index (χ2n) is 9.47. The van der Waals surface area contributed by atoms with Gasteiger partial charge in [0.1, 0.15) is 0 Å². The van der Waals surface area contributed by atoms with Gasteiger partial charge < -0.3 is 23.3 Å². The topological polar surface area (TPSA) is 91.8 Å². The van der Waals surface area contributed by atoms with Crippen LogP contribution in [0.5, 0.6) is 0 Å². The van der Waals surface area contributed by atoms with Crippen LogP contribution in [0.25, 0.3) is 21.8 Å². The molecule has 10 heteroatoms. The molecule has 8 nitrogen and oxygen atoms in total. The average Bonchev–Trinajstić information content (AvgIpc) is 2.97. The molecule has 0 bridgehead atoms. The number of nitrogens with zero attached hydrogens (tertiary/aromatic N) is 2. The van der Waals surface area contributed by atoms with Crippen LogP contribution in [-0.2, 0) is 18.0 Å². The molecule has 0 saturated heterocycles.